The zero-order valence-corrected chi connectivity index (χ0v) is 18.6. The first-order valence-corrected chi connectivity index (χ1v) is 10.3. The smallest absolute Gasteiger partial charge is 0.271 e. The molecule has 10 heteroatoms. The number of amides is 1. The SMILES string of the molecule is C[C@@H](Cn1ccc(-c2ccc(C#N)c(Cl)c2)n1)NC(=O)c1cn(C)c(-c2cnn(C)c2)n1. The van der Waals surface area contributed by atoms with Crippen molar-refractivity contribution in [1.29, 1.82) is 5.26 Å². The van der Waals surface area contributed by atoms with Crippen LogP contribution in [0.15, 0.2) is 49.1 Å². The molecule has 32 heavy (non-hydrogen) atoms. The van der Waals surface area contributed by atoms with Gasteiger partial charge >= 0.3 is 0 Å². The molecule has 0 aliphatic heterocycles. The number of imidazole rings is 1. The molecular weight excluding hydrogens is 428 g/mol. The van der Waals surface area contributed by atoms with E-state index in [1.54, 1.807) is 38.5 Å². The van der Waals surface area contributed by atoms with Crippen molar-refractivity contribution in [3.63, 3.8) is 0 Å². The minimum atomic E-state index is -0.255. The van der Waals surface area contributed by atoms with Crippen molar-refractivity contribution in [2.75, 3.05) is 0 Å². The monoisotopic (exact) mass is 448 g/mol. The summed E-state index contributed by atoms with van der Waals surface area (Å²) in [7, 11) is 3.68. The maximum atomic E-state index is 12.7. The first kappa shape index (κ1) is 21.3. The Hall–Kier alpha value is -3.90. The van der Waals surface area contributed by atoms with E-state index < -0.39 is 0 Å². The third-order valence-electron chi connectivity index (χ3n) is 4.94. The van der Waals surface area contributed by atoms with E-state index in [0.29, 0.717) is 28.6 Å². The molecule has 162 valence electrons. The van der Waals surface area contributed by atoms with Crippen molar-refractivity contribution in [2.45, 2.75) is 19.5 Å². The quantitative estimate of drug-likeness (QED) is 0.488. The first-order chi connectivity index (χ1) is 15.3. The Balaban J connectivity index is 1.41. The van der Waals surface area contributed by atoms with Gasteiger partial charge in [-0.1, -0.05) is 17.7 Å². The fourth-order valence-corrected chi connectivity index (χ4v) is 3.61. The number of benzene rings is 1. The van der Waals surface area contributed by atoms with E-state index in [1.807, 2.05) is 51.6 Å². The highest BCUT2D eigenvalue weighted by molar-refractivity contribution is 6.32. The summed E-state index contributed by atoms with van der Waals surface area (Å²) in [6.45, 7) is 2.39. The van der Waals surface area contributed by atoms with Crippen molar-refractivity contribution < 1.29 is 4.79 Å². The van der Waals surface area contributed by atoms with Gasteiger partial charge in [0.25, 0.3) is 5.91 Å². The van der Waals surface area contributed by atoms with Crippen LogP contribution in [0.25, 0.3) is 22.6 Å². The first-order valence-electron chi connectivity index (χ1n) is 9.90. The van der Waals surface area contributed by atoms with Crippen molar-refractivity contribution in [3.8, 4) is 28.7 Å². The van der Waals surface area contributed by atoms with E-state index in [9.17, 15) is 4.79 Å². The van der Waals surface area contributed by atoms with Gasteiger partial charge in [0.15, 0.2) is 0 Å². The van der Waals surface area contributed by atoms with Gasteiger partial charge in [-0.25, -0.2) is 4.98 Å². The summed E-state index contributed by atoms with van der Waals surface area (Å²) >= 11 is 6.12. The summed E-state index contributed by atoms with van der Waals surface area (Å²) in [5, 5.41) is 21.1. The van der Waals surface area contributed by atoms with Gasteiger partial charge in [0.2, 0.25) is 0 Å². The molecule has 4 aromatic rings. The van der Waals surface area contributed by atoms with E-state index in [-0.39, 0.29) is 11.9 Å². The lowest BCUT2D eigenvalue weighted by Gasteiger charge is -2.13. The zero-order valence-electron chi connectivity index (χ0n) is 17.8. The van der Waals surface area contributed by atoms with Gasteiger partial charge in [0.05, 0.1) is 34.6 Å². The Morgan fingerprint density at radius 3 is 2.75 bits per heavy atom. The molecule has 0 saturated carbocycles. The number of carbonyl (C=O) groups is 1. The highest BCUT2D eigenvalue weighted by Gasteiger charge is 2.17. The van der Waals surface area contributed by atoms with Crippen LogP contribution in [0.1, 0.15) is 23.0 Å². The van der Waals surface area contributed by atoms with E-state index in [2.05, 4.69) is 20.5 Å². The van der Waals surface area contributed by atoms with Crippen LogP contribution in [-0.2, 0) is 20.6 Å². The van der Waals surface area contributed by atoms with Crippen molar-refractivity contribution in [3.05, 3.63) is 65.3 Å². The maximum absolute atomic E-state index is 12.7. The number of halogens is 1. The molecule has 4 rings (SSSR count). The molecule has 0 aliphatic rings. The molecule has 3 aromatic heterocycles. The second-order valence-electron chi connectivity index (χ2n) is 7.57. The minimum absolute atomic E-state index is 0.177. The van der Waals surface area contributed by atoms with Crippen molar-refractivity contribution >= 4 is 17.5 Å². The molecule has 0 radical (unpaired) electrons. The summed E-state index contributed by atoms with van der Waals surface area (Å²) in [6, 6.07) is 8.94. The number of nitriles is 1. The molecule has 0 aliphatic carbocycles. The average Bonchev–Trinajstić information content (AvgIpc) is 3.48. The summed E-state index contributed by atoms with van der Waals surface area (Å²) in [5.41, 5.74) is 3.16. The third kappa shape index (κ3) is 4.40. The highest BCUT2D eigenvalue weighted by atomic mass is 35.5. The topological polar surface area (TPSA) is 106 Å². The zero-order chi connectivity index (χ0) is 22.8. The molecule has 0 fully saturated rings. The number of nitrogens with zero attached hydrogens (tertiary/aromatic N) is 7. The van der Waals surface area contributed by atoms with E-state index in [1.165, 1.54) is 0 Å². The number of hydrogen-bond donors (Lipinski definition) is 1. The summed E-state index contributed by atoms with van der Waals surface area (Å²) in [5.74, 6) is 0.420. The molecule has 9 nitrogen and oxygen atoms in total. The Kier molecular flexibility index (Phi) is 5.79. The lowest BCUT2D eigenvalue weighted by atomic mass is 10.1. The Bertz CT molecular complexity index is 1330. The van der Waals surface area contributed by atoms with Crippen molar-refractivity contribution in [1.82, 2.24) is 34.4 Å². The highest BCUT2D eigenvalue weighted by Crippen LogP contribution is 2.24. The number of aromatic nitrogens is 6. The number of nitrogens with one attached hydrogen (secondary N) is 1. The fourth-order valence-electron chi connectivity index (χ4n) is 3.39. The predicted molar refractivity (Wildman–Crippen MR) is 120 cm³/mol. The lowest BCUT2D eigenvalue weighted by Crippen LogP contribution is -2.36. The van der Waals surface area contributed by atoms with Crippen LogP contribution < -0.4 is 5.32 Å². The van der Waals surface area contributed by atoms with E-state index in [0.717, 1.165) is 16.8 Å². The summed E-state index contributed by atoms with van der Waals surface area (Å²) in [6.07, 6.45) is 7.10. The summed E-state index contributed by atoms with van der Waals surface area (Å²) < 4.78 is 5.25. The van der Waals surface area contributed by atoms with Gasteiger partial charge in [0.1, 0.15) is 17.6 Å². The molecule has 3 heterocycles. The van der Waals surface area contributed by atoms with E-state index >= 15 is 0 Å². The lowest BCUT2D eigenvalue weighted by molar-refractivity contribution is 0.0931. The van der Waals surface area contributed by atoms with Gasteiger partial charge in [-0.3, -0.25) is 14.2 Å². The Morgan fingerprint density at radius 2 is 2.06 bits per heavy atom. The second kappa shape index (κ2) is 8.69. The predicted octanol–water partition coefficient (Wildman–Crippen LogP) is 3.03. The minimum Gasteiger partial charge on any atom is -0.346 e. The molecule has 0 spiro atoms. The van der Waals surface area contributed by atoms with Gasteiger partial charge in [-0.15, -0.1) is 0 Å². The fraction of sp³-hybridized carbons (Fsp3) is 0.227. The van der Waals surface area contributed by atoms with Crippen molar-refractivity contribution in [2.24, 2.45) is 14.1 Å². The largest absolute Gasteiger partial charge is 0.346 e. The molecule has 1 atom stereocenters. The van der Waals surface area contributed by atoms with Crippen LogP contribution in [0, 0.1) is 11.3 Å². The van der Waals surface area contributed by atoms with Gasteiger partial charge < -0.3 is 9.88 Å². The average molecular weight is 449 g/mol. The molecule has 1 N–H and O–H groups in total. The Labute approximate surface area is 189 Å². The molecule has 0 bridgehead atoms. The van der Waals surface area contributed by atoms with Crippen LogP contribution in [0.2, 0.25) is 5.02 Å². The van der Waals surface area contributed by atoms with Crippen LogP contribution >= 0.6 is 11.6 Å². The molecule has 0 unspecified atom stereocenters. The molecule has 0 saturated heterocycles. The number of aryl methyl sites for hydroxylation is 2. The van der Waals surface area contributed by atoms with Crippen LogP contribution in [-0.4, -0.2) is 41.1 Å². The molecule has 1 amide bonds. The summed E-state index contributed by atoms with van der Waals surface area (Å²) in [4.78, 5) is 17.2. The van der Waals surface area contributed by atoms with Gasteiger partial charge in [-0.2, -0.15) is 15.5 Å². The molecule has 1 aromatic carbocycles. The van der Waals surface area contributed by atoms with Crippen LogP contribution in [0.3, 0.4) is 0 Å². The second-order valence-corrected chi connectivity index (χ2v) is 7.97. The van der Waals surface area contributed by atoms with Gasteiger partial charge in [0, 0.05) is 44.3 Å². The maximum Gasteiger partial charge on any atom is 0.271 e. The number of carbonyl (C=O) groups excluding carboxylic acids is 1. The number of hydrogen-bond acceptors (Lipinski definition) is 5. The van der Waals surface area contributed by atoms with Gasteiger partial charge in [-0.05, 0) is 25.1 Å². The Morgan fingerprint density at radius 1 is 1.25 bits per heavy atom. The van der Waals surface area contributed by atoms with E-state index in [4.69, 9.17) is 16.9 Å². The molecular formula is C22H21ClN8O. The standard InChI is InChI=1S/C22H21ClN8O/c1-14(11-31-7-6-19(28-31)15-4-5-16(9-24)18(23)8-15)26-22(32)20-13-29(2)21(27-20)17-10-25-30(3)12-17/h4-8,10,12-14H,11H2,1-3H3,(H,26,32)/t14-/m0/s1. The third-order valence-corrected chi connectivity index (χ3v) is 5.25. The normalized spacial score (nSPS) is 11.8. The van der Waals surface area contributed by atoms with Crippen LogP contribution in [0.5, 0.6) is 0 Å². The van der Waals surface area contributed by atoms with Crippen LogP contribution in [0.4, 0.5) is 0 Å². The number of rotatable bonds is 6.